The van der Waals surface area contributed by atoms with Crippen LogP contribution in [0.3, 0.4) is 0 Å². The monoisotopic (exact) mass is 354 g/mol. The number of thioether (sulfide) groups is 1. The number of nitrogens with zero attached hydrogens (tertiary/aromatic N) is 5. The van der Waals surface area contributed by atoms with E-state index >= 15 is 0 Å². The minimum absolute atomic E-state index is 0.508. The zero-order valence-corrected chi connectivity index (χ0v) is 14.5. The van der Waals surface area contributed by atoms with E-state index in [1.807, 2.05) is 53.4 Å². The fraction of sp³-hybridized carbons (Fsp3) is 0.125. The molecule has 24 heavy (non-hydrogen) atoms. The minimum atomic E-state index is 0.508. The number of nitrogen functional groups attached to an aromatic ring is 1. The number of hydrogen-bond acceptors (Lipinski definition) is 7. The highest BCUT2D eigenvalue weighted by Crippen LogP contribution is 2.27. The highest BCUT2D eigenvalue weighted by atomic mass is 32.2. The molecule has 8 heteroatoms. The standard InChI is InChI=1S/C16H14N6S2/c1-22-15(12-7-4-8-23-12)20-21-16(22)24-9-13-18-11-6-3-2-5-10(11)14(17)19-13/h2-8H,9H2,1H3,(H2,17,18,19). The maximum atomic E-state index is 6.03. The molecule has 0 radical (unpaired) electrons. The maximum Gasteiger partial charge on any atom is 0.191 e. The molecule has 2 N–H and O–H groups in total. The number of fused-ring (bicyclic) bond motifs is 1. The molecule has 0 amide bonds. The van der Waals surface area contributed by atoms with Gasteiger partial charge in [0, 0.05) is 12.4 Å². The van der Waals surface area contributed by atoms with Crippen molar-refractivity contribution in [3.8, 4) is 10.7 Å². The van der Waals surface area contributed by atoms with E-state index in [1.165, 1.54) is 0 Å². The zero-order valence-electron chi connectivity index (χ0n) is 12.9. The van der Waals surface area contributed by atoms with Crippen molar-refractivity contribution < 1.29 is 0 Å². The third-order valence-corrected chi connectivity index (χ3v) is 5.47. The van der Waals surface area contributed by atoms with E-state index in [2.05, 4.69) is 20.2 Å². The summed E-state index contributed by atoms with van der Waals surface area (Å²) in [5.41, 5.74) is 6.89. The Morgan fingerprint density at radius 3 is 2.83 bits per heavy atom. The number of aromatic nitrogens is 5. The Kier molecular flexibility index (Phi) is 3.91. The van der Waals surface area contributed by atoms with Crippen molar-refractivity contribution in [2.24, 2.45) is 7.05 Å². The lowest BCUT2D eigenvalue weighted by Crippen LogP contribution is -2.00. The number of hydrogen-bond donors (Lipinski definition) is 1. The molecule has 3 aromatic heterocycles. The van der Waals surface area contributed by atoms with Gasteiger partial charge in [0.15, 0.2) is 11.0 Å². The number of anilines is 1. The molecule has 0 aliphatic carbocycles. The molecule has 0 fully saturated rings. The van der Waals surface area contributed by atoms with Crippen molar-refractivity contribution in [2.75, 3.05) is 5.73 Å². The fourth-order valence-corrected chi connectivity index (χ4v) is 3.92. The van der Waals surface area contributed by atoms with Crippen LogP contribution in [0.25, 0.3) is 21.6 Å². The van der Waals surface area contributed by atoms with E-state index in [1.54, 1.807) is 23.1 Å². The van der Waals surface area contributed by atoms with Crippen molar-refractivity contribution in [3.63, 3.8) is 0 Å². The van der Waals surface area contributed by atoms with Crippen molar-refractivity contribution in [2.45, 2.75) is 10.9 Å². The Hall–Kier alpha value is -2.45. The van der Waals surface area contributed by atoms with Crippen LogP contribution in [0.15, 0.2) is 46.9 Å². The summed E-state index contributed by atoms with van der Waals surface area (Å²) in [4.78, 5) is 10.1. The number of benzene rings is 1. The van der Waals surface area contributed by atoms with Gasteiger partial charge in [-0.1, -0.05) is 30.0 Å². The van der Waals surface area contributed by atoms with Crippen LogP contribution in [0.1, 0.15) is 5.82 Å². The van der Waals surface area contributed by atoms with Crippen LogP contribution in [-0.4, -0.2) is 24.7 Å². The van der Waals surface area contributed by atoms with Gasteiger partial charge >= 0.3 is 0 Å². The summed E-state index contributed by atoms with van der Waals surface area (Å²) in [7, 11) is 1.97. The summed E-state index contributed by atoms with van der Waals surface area (Å²) in [6, 6.07) is 11.8. The summed E-state index contributed by atoms with van der Waals surface area (Å²) >= 11 is 3.20. The van der Waals surface area contributed by atoms with Gasteiger partial charge in [-0.25, -0.2) is 9.97 Å². The molecular weight excluding hydrogens is 340 g/mol. The van der Waals surface area contributed by atoms with E-state index in [4.69, 9.17) is 5.73 Å². The highest BCUT2D eigenvalue weighted by molar-refractivity contribution is 7.98. The molecule has 3 heterocycles. The average molecular weight is 354 g/mol. The van der Waals surface area contributed by atoms with Crippen LogP contribution in [-0.2, 0) is 12.8 Å². The van der Waals surface area contributed by atoms with Crippen LogP contribution in [0, 0.1) is 0 Å². The topological polar surface area (TPSA) is 82.5 Å². The van der Waals surface area contributed by atoms with E-state index in [0.717, 1.165) is 26.8 Å². The molecule has 120 valence electrons. The lowest BCUT2D eigenvalue weighted by atomic mass is 10.2. The highest BCUT2D eigenvalue weighted by Gasteiger charge is 2.13. The van der Waals surface area contributed by atoms with Gasteiger partial charge in [0.25, 0.3) is 0 Å². The Morgan fingerprint density at radius 1 is 1.12 bits per heavy atom. The summed E-state index contributed by atoms with van der Waals surface area (Å²) in [5.74, 6) is 2.66. The first kappa shape index (κ1) is 15.1. The van der Waals surface area contributed by atoms with Gasteiger partial charge in [-0.2, -0.15) is 0 Å². The molecule has 0 bridgehead atoms. The molecule has 1 aromatic carbocycles. The molecule has 4 rings (SSSR count). The minimum Gasteiger partial charge on any atom is -0.383 e. The SMILES string of the molecule is Cn1c(SCc2nc(N)c3ccccc3n2)nnc1-c1cccs1. The summed E-state index contributed by atoms with van der Waals surface area (Å²) in [5, 5.41) is 12.3. The Labute approximate surface area is 146 Å². The quantitative estimate of drug-likeness (QED) is 0.566. The largest absolute Gasteiger partial charge is 0.383 e. The first-order chi connectivity index (χ1) is 11.7. The van der Waals surface area contributed by atoms with Gasteiger partial charge in [-0.3, -0.25) is 0 Å². The first-order valence-electron chi connectivity index (χ1n) is 7.29. The lowest BCUT2D eigenvalue weighted by molar-refractivity contribution is 0.794. The van der Waals surface area contributed by atoms with Gasteiger partial charge in [0.05, 0.1) is 16.1 Å². The third-order valence-electron chi connectivity index (χ3n) is 3.59. The van der Waals surface area contributed by atoms with E-state index in [0.29, 0.717) is 17.4 Å². The number of nitrogens with two attached hydrogens (primary N) is 1. The van der Waals surface area contributed by atoms with Crippen LogP contribution in [0.5, 0.6) is 0 Å². The molecule has 6 nitrogen and oxygen atoms in total. The predicted octanol–water partition coefficient (Wildman–Crippen LogP) is 3.36. The van der Waals surface area contributed by atoms with Crippen LogP contribution in [0.2, 0.25) is 0 Å². The Morgan fingerprint density at radius 2 is 2.00 bits per heavy atom. The van der Waals surface area contributed by atoms with Gasteiger partial charge < -0.3 is 10.3 Å². The smallest absolute Gasteiger partial charge is 0.191 e. The van der Waals surface area contributed by atoms with Crippen molar-refractivity contribution in [1.29, 1.82) is 0 Å². The number of para-hydroxylation sites is 1. The van der Waals surface area contributed by atoms with Gasteiger partial charge in [0.1, 0.15) is 11.6 Å². The van der Waals surface area contributed by atoms with E-state index < -0.39 is 0 Å². The van der Waals surface area contributed by atoms with Crippen LogP contribution in [0.4, 0.5) is 5.82 Å². The molecule has 0 atom stereocenters. The number of thiophene rings is 1. The fourth-order valence-electron chi connectivity index (χ4n) is 2.41. The second-order valence-corrected chi connectivity index (χ2v) is 7.06. The normalized spacial score (nSPS) is 11.2. The zero-order chi connectivity index (χ0) is 16.5. The average Bonchev–Trinajstić information content (AvgIpc) is 3.23. The summed E-state index contributed by atoms with van der Waals surface area (Å²) < 4.78 is 1.99. The van der Waals surface area contributed by atoms with Crippen molar-refractivity contribution >= 4 is 39.8 Å². The van der Waals surface area contributed by atoms with Gasteiger partial charge in [-0.05, 0) is 23.6 Å². The van der Waals surface area contributed by atoms with Crippen LogP contribution < -0.4 is 5.73 Å². The van der Waals surface area contributed by atoms with E-state index in [9.17, 15) is 0 Å². The van der Waals surface area contributed by atoms with Crippen molar-refractivity contribution in [3.05, 3.63) is 47.6 Å². The second-order valence-electron chi connectivity index (χ2n) is 5.17. The molecule has 0 aliphatic rings. The van der Waals surface area contributed by atoms with E-state index in [-0.39, 0.29) is 0 Å². The van der Waals surface area contributed by atoms with Crippen LogP contribution >= 0.6 is 23.1 Å². The van der Waals surface area contributed by atoms with Crippen molar-refractivity contribution in [1.82, 2.24) is 24.7 Å². The maximum absolute atomic E-state index is 6.03. The summed E-state index contributed by atoms with van der Waals surface area (Å²) in [6.07, 6.45) is 0. The first-order valence-corrected chi connectivity index (χ1v) is 9.16. The second kappa shape index (κ2) is 6.21. The third kappa shape index (κ3) is 2.74. The van der Waals surface area contributed by atoms with Gasteiger partial charge in [-0.15, -0.1) is 21.5 Å². The predicted molar refractivity (Wildman–Crippen MR) is 97.8 cm³/mol. The molecular formula is C16H14N6S2. The lowest BCUT2D eigenvalue weighted by Gasteiger charge is -2.05. The summed E-state index contributed by atoms with van der Waals surface area (Å²) in [6.45, 7) is 0. The molecule has 0 aliphatic heterocycles. The molecule has 0 unspecified atom stereocenters. The number of rotatable bonds is 4. The Bertz CT molecular complexity index is 993. The molecule has 0 saturated carbocycles. The Balaban J connectivity index is 1.57. The molecule has 4 aromatic rings. The molecule has 0 saturated heterocycles. The molecule has 0 spiro atoms. The van der Waals surface area contributed by atoms with Gasteiger partial charge in [0.2, 0.25) is 0 Å².